The minimum absolute atomic E-state index is 0.673. The van der Waals surface area contributed by atoms with Crippen molar-refractivity contribution >= 4 is 17.4 Å². The lowest BCUT2D eigenvalue weighted by atomic mass is 10.1. The number of fused-ring (bicyclic) bond motifs is 1. The van der Waals surface area contributed by atoms with Gasteiger partial charge in [0.1, 0.15) is 0 Å². The Morgan fingerprint density at radius 2 is 2.03 bits per heavy atom. The van der Waals surface area contributed by atoms with Gasteiger partial charge in [0.25, 0.3) is 0 Å². The maximum atomic E-state index is 5.46. The highest BCUT2D eigenvalue weighted by Gasteiger charge is 2.40. The first kappa shape index (κ1) is 19.6. The van der Waals surface area contributed by atoms with Crippen molar-refractivity contribution in [3.63, 3.8) is 0 Å². The number of para-hydroxylation sites is 1. The molecule has 0 N–H and O–H groups in total. The molecule has 0 spiro atoms. The molecule has 30 heavy (non-hydrogen) atoms. The molecule has 0 aliphatic carbocycles. The normalized spacial score (nSPS) is 21.5. The summed E-state index contributed by atoms with van der Waals surface area (Å²) >= 11 is 1.76. The van der Waals surface area contributed by atoms with Crippen molar-refractivity contribution in [3.8, 4) is 11.6 Å². The number of aryl methyl sites for hydroxylation is 1. The number of hydrogen-bond donors (Lipinski definition) is 0. The van der Waals surface area contributed by atoms with Crippen molar-refractivity contribution in [1.29, 1.82) is 0 Å². The molecule has 1 aromatic carbocycles. The molecule has 3 aromatic rings. The van der Waals surface area contributed by atoms with Crippen LogP contribution in [0.5, 0.6) is 0 Å². The standard InChI is InChI=1S/C22H28N6OS/c1-16-20(29-15-23-16)21-24-25-22(26(21)2)30-12-6-10-27-13-17-9-11-28(19(17)14-27)18-7-4-3-5-8-18/h3-5,7-8,15,17,19H,6,9-14H2,1-2H3/t17-,19+/m0/s1. The molecule has 2 saturated heterocycles. The lowest BCUT2D eigenvalue weighted by Gasteiger charge is -2.27. The summed E-state index contributed by atoms with van der Waals surface area (Å²) in [4.78, 5) is 9.41. The maximum absolute atomic E-state index is 5.46. The van der Waals surface area contributed by atoms with Gasteiger partial charge in [-0.1, -0.05) is 30.0 Å². The Bertz CT molecular complexity index is 987. The number of likely N-dealkylation sites (tertiary alicyclic amines) is 1. The highest BCUT2D eigenvalue weighted by atomic mass is 32.2. The van der Waals surface area contributed by atoms with Gasteiger partial charge in [0.15, 0.2) is 17.3 Å². The highest BCUT2D eigenvalue weighted by Crippen LogP contribution is 2.35. The first-order valence-corrected chi connectivity index (χ1v) is 11.7. The van der Waals surface area contributed by atoms with Crippen molar-refractivity contribution < 1.29 is 4.42 Å². The van der Waals surface area contributed by atoms with Gasteiger partial charge in [-0.2, -0.15) is 0 Å². The van der Waals surface area contributed by atoms with Crippen molar-refractivity contribution in [1.82, 2.24) is 24.6 Å². The van der Waals surface area contributed by atoms with Gasteiger partial charge in [0.2, 0.25) is 5.82 Å². The molecule has 2 fully saturated rings. The highest BCUT2D eigenvalue weighted by molar-refractivity contribution is 7.99. The number of aromatic nitrogens is 4. The van der Waals surface area contributed by atoms with E-state index in [4.69, 9.17) is 4.42 Å². The Hall–Kier alpha value is -2.32. The van der Waals surface area contributed by atoms with Crippen LogP contribution in [0.2, 0.25) is 0 Å². The third-order valence-electron chi connectivity index (χ3n) is 6.34. The molecule has 7 nitrogen and oxygen atoms in total. The summed E-state index contributed by atoms with van der Waals surface area (Å²) in [7, 11) is 1.99. The zero-order chi connectivity index (χ0) is 20.5. The lowest BCUT2D eigenvalue weighted by Crippen LogP contribution is -2.35. The maximum Gasteiger partial charge on any atom is 0.202 e. The Morgan fingerprint density at radius 1 is 1.17 bits per heavy atom. The molecule has 0 bridgehead atoms. The molecule has 8 heteroatoms. The lowest BCUT2D eigenvalue weighted by molar-refractivity contribution is 0.319. The van der Waals surface area contributed by atoms with Gasteiger partial charge >= 0.3 is 0 Å². The van der Waals surface area contributed by atoms with E-state index in [9.17, 15) is 0 Å². The molecular weight excluding hydrogens is 396 g/mol. The van der Waals surface area contributed by atoms with Crippen LogP contribution in [0.1, 0.15) is 18.5 Å². The molecule has 2 aliphatic rings. The zero-order valence-corrected chi connectivity index (χ0v) is 18.4. The molecule has 5 rings (SSSR count). The summed E-state index contributed by atoms with van der Waals surface area (Å²) < 4.78 is 7.46. The van der Waals surface area contributed by atoms with E-state index < -0.39 is 0 Å². The Balaban J connectivity index is 1.11. The van der Waals surface area contributed by atoms with Gasteiger partial charge in [-0.25, -0.2) is 4.98 Å². The molecule has 158 valence electrons. The predicted octanol–water partition coefficient (Wildman–Crippen LogP) is 3.47. The summed E-state index contributed by atoms with van der Waals surface area (Å²) in [6.45, 7) is 6.68. The number of anilines is 1. The summed E-state index contributed by atoms with van der Waals surface area (Å²) in [6, 6.07) is 11.6. The molecule has 2 aliphatic heterocycles. The first-order valence-electron chi connectivity index (χ1n) is 10.7. The third kappa shape index (κ3) is 3.74. The van der Waals surface area contributed by atoms with Crippen LogP contribution in [0.3, 0.4) is 0 Å². The number of rotatable bonds is 7. The minimum Gasteiger partial charge on any atom is -0.440 e. The van der Waals surface area contributed by atoms with E-state index in [0.29, 0.717) is 11.8 Å². The van der Waals surface area contributed by atoms with Crippen molar-refractivity contribution in [2.24, 2.45) is 13.0 Å². The molecule has 0 unspecified atom stereocenters. The van der Waals surface area contributed by atoms with E-state index in [0.717, 1.165) is 41.3 Å². The predicted molar refractivity (Wildman–Crippen MR) is 119 cm³/mol. The van der Waals surface area contributed by atoms with Gasteiger partial charge < -0.3 is 18.8 Å². The molecule has 2 aromatic heterocycles. The number of oxazole rings is 1. The van der Waals surface area contributed by atoms with Crippen LogP contribution in [0.15, 0.2) is 46.3 Å². The topological polar surface area (TPSA) is 63.2 Å². The SMILES string of the molecule is Cc1ncoc1-c1nnc(SCCCN2C[C@@H]3CCN(c4ccccc4)[C@@H]3C2)n1C. The number of thioether (sulfide) groups is 1. The summed E-state index contributed by atoms with van der Waals surface area (Å²) in [6.07, 6.45) is 3.92. The monoisotopic (exact) mass is 424 g/mol. The number of benzene rings is 1. The fourth-order valence-electron chi connectivity index (χ4n) is 4.78. The number of hydrogen-bond acceptors (Lipinski definition) is 7. The fraction of sp³-hybridized carbons (Fsp3) is 0.500. The van der Waals surface area contributed by atoms with Crippen molar-refractivity contribution in [3.05, 3.63) is 42.4 Å². The molecular formula is C22H28N6OS. The van der Waals surface area contributed by atoms with Crippen LogP contribution in [0.25, 0.3) is 11.6 Å². The first-order chi connectivity index (χ1) is 14.7. The van der Waals surface area contributed by atoms with Crippen LogP contribution in [-0.2, 0) is 7.05 Å². The van der Waals surface area contributed by atoms with E-state index in [1.165, 1.54) is 38.1 Å². The fourth-order valence-corrected chi connectivity index (χ4v) is 5.61. The molecule has 0 amide bonds. The minimum atomic E-state index is 0.673. The van der Waals surface area contributed by atoms with E-state index in [1.54, 1.807) is 11.8 Å². The Kier molecular flexibility index (Phi) is 5.52. The summed E-state index contributed by atoms with van der Waals surface area (Å²) in [5, 5.41) is 9.56. The molecule has 2 atom stereocenters. The van der Waals surface area contributed by atoms with Crippen molar-refractivity contribution in [2.75, 3.05) is 36.8 Å². The smallest absolute Gasteiger partial charge is 0.202 e. The second kappa shape index (κ2) is 8.43. The van der Waals surface area contributed by atoms with Crippen LogP contribution in [0, 0.1) is 12.8 Å². The molecule has 4 heterocycles. The second-order valence-electron chi connectivity index (χ2n) is 8.24. The largest absolute Gasteiger partial charge is 0.440 e. The quantitative estimate of drug-likeness (QED) is 0.425. The summed E-state index contributed by atoms with van der Waals surface area (Å²) in [5.74, 6) is 3.28. The van der Waals surface area contributed by atoms with Crippen LogP contribution in [0.4, 0.5) is 5.69 Å². The summed E-state index contributed by atoms with van der Waals surface area (Å²) in [5.41, 5.74) is 2.22. The average molecular weight is 425 g/mol. The van der Waals surface area contributed by atoms with E-state index in [-0.39, 0.29) is 0 Å². The second-order valence-corrected chi connectivity index (χ2v) is 9.30. The van der Waals surface area contributed by atoms with Crippen LogP contribution >= 0.6 is 11.8 Å². The average Bonchev–Trinajstić information content (AvgIpc) is 3.51. The Labute approximate surface area is 181 Å². The van der Waals surface area contributed by atoms with Gasteiger partial charge in [-0.3, -0.25) is 0 Å². The van der Waals surface area contributed by atoms with Crippen molar-refractivity contribution in [2.45, 2.75) is 31.0 Å². The Morgan fingerprint density at radius 3 is 2.83 bits per heavy atom. The third-order valence-corrected chi connectivity index (χ3v) is 7.45. The van der Waals surface area contributed by atoms with Gasteiger partial charge in [0, 0.05) is 44.2 Å². The number of nitrogens with zero attached hydrogens (tertiary/aromatic N) is 6. The zero-order valence-electron chi connectivity index (χ0n) is 17.6. The van der Waals surface area contributed by atoms with Gasteiger partial charge in [-0.15, -0.1) is 10.2 Å². The van der Waals surface area contributed by atoms with Gasteiger partial charge in [-0.05, 0) is 44.4 Å². The van der Waals surface area contributed by atoms with Crippen LogP contribution in [-0.4, -0.2) is 62.6 Å². The van der Waals surface area contributed by atoms with Crippen LogP contribution < -0.4 is 4.90 Å². The molecule has 0 radical (unpaired) electrons. The molecule has 0 saturated carbocycles. The van der Waals surface area contributed by atoms with E-state index in [1.807, 2.05) is 18.5 Å². The van der Waals surface area contributed by atoms with E-state index in [2.05, 4.69) is 55.3 Å². The van der Waals surface area contributed by atoms with Gasteiger partial charge in [0.05, 0.1) is 5.69 Å². The van der Waals surface area contributed by atoms with E-state index >= 15 is 0 Å².